The summed E-state index contributed by atoms with van der Waals surface area (Å²) in [6.07, 6.45) is 0.0558. The number of esters is 1. The van der Waals surface area contributed by atoms with E-state index in [4.69, 9.17) is 13.9 Å². The van der Waals surface area contributed by atoms with Crippen LogP contribution in [0, 0.1) is 0 Å². The van der Waals surface area contributed by atoms with Crippen molar-refractivity contribution >= 4 is 5.97 Å². The molecule has 6 heteroatoms. The Kier molecular flexibility index (Phi) is 3.90. The fourth-order valence-electron chi connectivity index (χ4n) is 0.827. The first-order valence-electron chi connectivity index (χ1n) is 4.37. The highest BCUT2D eigenvalue weighted by Gasteiger charge is 2.11. The molecule has 0 aliphatic carbocycles. The van der Waals surface area contributed by atoms with Crippen LogP contribution in [0.5, 0.6) is 6.08 Å². The highest BCUT2D eigenvalue weighted by atomic mass is 16.6. The van der Waals surface area contributed by atoms with E-state index in [1.165, 1.54) is 0 Å². The molecule has 14 heavy (non-hydrogen) atoms. The first kappa shape index (κ1) is 10.5. The van der Waals surface area contributed by atoms with E-state index < -0.39 is 0 Å². The van der Waals surface area contributed by atoms with Crippen LogP contribution in [0.4, 0.5) is 0 Å². The number of rotatable bonds is 5. The van der Waals surface area contributed by atoms with Gasteiger partial charge in [0.25, 0.3) is 0 Å². The number of carbonyl (C=O) groups is 1. The van der Waals surface area contributed by atoms with Gasteiger partial charge in [0.05, 0.1) is 13.2 Å². The van der Waals surface area contributed by atoms with Gasteiger partial charge in [0, 0.05) is 0 Å². The summed E-state index contributed by atoms with van der Waals surface area (Å²) in [5.74, 6) is -0.189. The van der Waals surface area contributed by atoms with Crippen molar-refractivity contribution in [1.29, 1.82) is 0 Å². The fraction of sp³-hybridized carbons (Fsp3) is 0.625. The van der Waals surface area contributed by atoms with Crippen LogP contribution in [-0.2, 0) is 16.0 Å². The Morgan fingerprint density at radius 1 is 1.36 bits per heavy atom. The summed E-state index contributed by atoms with van der Waals surface area (Å²) < 4.78 is 14.6. The van der Waals surface area contributed by atoms with Crippen LogP contribution in [0.25, 0.3) is 0 Å². The molecule has 1 heterocycles. The molecule has 0 aliphatic heterocycles. The Bertz CT molecular complexity index is 297. The highest BCUT2D eigenvalue weighted by Crippen LogP contribution is 2.08. The Hall–Kier alpha value is -1.59. The summed E-state index contributed by atoms with van der Waals surface area (Å²) in [6, 6.07) is 0. The number of hydrogen-bond acceptors (Lipinski definition) is 6. The number of hydrogen-bond donors (Lipinski definition) is 0. The summed E-state index contributed by atoms with van der Waals surface area (Å²) in [6.45, 7) is 4.32. The molecule has 0 saturated carbocycles. The maximum Gasteiger partial charge on any atom is 0.414 e. The third-order valence-electron chi connectivity index (χ3n) is 1.32. The van der Waals surface area contributed by atoms with Gasteiger partial charge in [0.1, 0.15) is 6.42 Å². The standard InChI is InChI=1S/C8H12N2O4/c1-3-12-7(11)5-6-9-10-8(14-6)13-4-2/h3-5H2,1-2H3. The normalized spacial score (nSPS) is 9.86. The maximum absolute atomic E-state index is 11.0. The van der Waals surface area contributed by atoms with Crippen molar-refractivity contribution in [3.8, 4) is 6.08 Å². The molecule has 0 radical (unpaired) electrons. The summed E-state index contributed by atoms with van der Waals surface area (Å²) >= 11 is 0. The van der Waals surface area contributed by atoms with Gasteiger partial charge in [0.15, 0.2) is 0 Å². The molecule has 0 amide bonds. The van der Waals surface area contributed by atoms with Gasteiger partial charge in [-0.15, -0.1) is 5.10 Å². The van der Waals surface area contributed by atoms with Crippen LogP contribution < -0.4 is 4.74 Å². The first-order valence-corrected chi connectivity index (χ1v) is 4.37. The molecule has 6 nitrogen and oxygen atoms in total. The molecule has 1 aromatic rings. The zero-order chi connectivity index (χ0) is 10.4. The van der Waals surface area contributed by atoms with Crippen LogP contribution in [0.3, 0.4) is 0 Å². The highest BCUT2D eigenvalue weighted by molar-refractivity contribution is 5.71. The van der Waals surface area contributed by atoms with Crippen molar-refractivity contribution in [1.82, 2.24) is 10.2 Å². The minimum Gasteiger partial charge on any atom is -0.466 e. The van der Waals surface area contributed by atoms with E-state index in [9.17, 15) is 4.79 Å². The molecule has 0 saturated heterocycles. The molecule has 0 spiro atoms. The van der Waals surface area contributed by atoms with Crippen LogP contribution in [0.1, 0.15) is 19.7 Å². The summed E-state index contributed by atoms with van der Waals surface area (Å²) in [4.78, 5) is 11.0. The lowest BCUT2D eigenvalue weighted by molar-refractivity contribution is -0.142. The summed E-state index contributed by atoms with van der Waals surface area (Å²) in [5, 5.41) is 7.19. The zero-order valence-corrected chi connectivity index (χ0v) is 8.15. The second kappa shape index (κ2) is 5.21. The number of ether oxygens (including phenoxy) is 2. The Morgan fingerprint density at radius 3 is 2.79 bits per heavy atom. The monoisotopic (exact) mass is 200 g/mol. The van der Waals surface area contributed by atoms with E-state index in [2.05, 4.69) is 10.2 Å². The molecule has 1 aromatic heterocycles. The average Bonchev–Trinajstić information content (AvgIpc) is 2.53. The Balaban J connectivity index is 2.46. The lowest BCUT2D eigenvalue weighted by Gasteiger charge is -1.96. The van der Waals surface area contributed by atoms with Crippen molar-refractivity contribution < 1.29 is 18.7 Å². The quantitative estimate of drug-likeness (QED) is 0.647. The molecule has 0 N–H and O–H groups in total. The van der Waals surface area contributed by atoms with E-state index in [1.54, 1.807) is 13.8 Å². The SMILES string of the molecule is CCOC(=O)Cc1nnc(OCC)o1. The van der Waals surface area contributed by atoms with Crippen molar-refractivity contribution in [3.63, 3.8) is 0 Å². The average molecular weight is 200 g/mol. The molecule has 0 aliphatic rings. The van der Waals surface area contributed by atoms with E-state index in [0.29, 0.717) is 13.2 Å². The van der Waals surface area contributed by atoms with Crippen LogP contribution in [-0.4, -0.2) is 29.4 Å². The van der Waals surface area contributed by atoms with E-state index in [-0.39, 0.29) is 24.4 Å². The lowest BCUT2D eigenvalue weighted by Crippen LogP contribution is -2.07. The summed E-state index contributed by atoms with van der Waals surface area (Å²) in [5.41, 5.74) is 0. The molecule has 0 atom stereocenters. The molecule has 78 valence electrons. The smallest absolute Gasteiger partial charge is 0.414 e. The first-order chi connectivity index (χ1) is 6.76. The molecule has 0 aromatic carbocycles. The van der Waals surface area contributed by atoms with Gasteiger partial charge in [0.2, 0.25) is 5.89 Å². The molecular weight excluding hydrogens is 188 g/mol. The molecule has 1 rings (SSSR count). The van der Waals surface area contributed by atoms with E-state index in [1.807, 2.05) is 0 Å². The van der Waals surface area contributed by atoms with Gasteiger partial charge in [-0.3, -0.25) is 4.79 Å². The van der Waals surface area contributed by atoms with Gasteiger partial charge in [-0.05, 0) is 13.8 Å². The molecule has 0 unspecified atom stereocenters. The second-order valence-electron chi connectivity index (χ2n) is 2.38. The van der Waals surface area contributed by atoms with Crippen molar-refractivity contribution in [2.24, 2.45) is 0 Å². The number of carbonyl (C=O) groups excluding carboxylic acids is 1. The lowest BCUT2D eigenvalue weighted by atomic mass is 10.4. The van der Waals surface area contributed by atoms with Crippen molar-refractivity contribution in [2.45, 2.75) is 20.3 Å². The third kappa shape index (κ3) is 3.04. The second-order valence-corrected chi connectivity index (χ2v) is 2.38. The third-order valence-corrected chi connectivity index (χ3v) is 1.32. The molecular formula is C8H12N2O4. The van der Waals surface area contributed by atoms with Gasteiger partial charge in [-0.1, -0.05) is 5.10 Å². The minimum absolute atomic E-state index is 0.0199. The fourth-order valence-corrected chi connectivity index (χ4v) is 0.827. The van der Waals surface area contributed by atoms with Crippen LogP contribution in [0.15, 0.2) is 4.42 Å². The van der Waals surface area contributed by atoms with Crippen molar-refractivity contribution in [2.75, 3.05) is 13.2 Å². The summed E-state index contributed by atoms with van der Waals surface area (Å²) in [7, 11) is 0. The largest absolute Gasteiger partial charge is 0.466 e. The Labute approximate surface area is 81.2 Å². The predicted octanol–water partition coefficient (Wildman–Crippen LogP) is 0.574. The van der Waals surface area contributed by atoms with E-state index in [0.717, 1.165) is 0 Å². The van der Waals surface area contributed by atoms with Crippen LogP contribution >= 0.6 is 0 Å². The van der Waals surface area contributed by atoms with Gasteiger partial charge < -0.3 is 13.9 Å². The maximum atomic E-state index is 11.0. The van der Waals surface area contributed by atoms with Gasteiger partial charge in [-0.2, -0.15) is 0 Å². The predicted molar refractivity (Wildman–Crippen MR) is 45.8 cm³/mol. The van der Waals surface area contributed by atoms with Gasteiger partial charge in [-0.25, -0.2) is 0 Å². The molecule has 0 bridgehead atoms. The van der Waals surface area contributed by atoms with E-state index >= 15 is 0 Å². The Morgan fingerprint density at radius 2 is 2.14 bits per heavy atom. The van der Waals surface area contributed by atoms with Gasteiger partial charge >= 0.3 is 12.0 Å². The van der Waals surface area contributed by atoms with Crippen LogP contribution in [0.2, 0.25) is 0 Å². The minimum atomic E-state index is -0.390. The molecule has 0 fully saturated rings. The number of aromatic nitrogens is 2. The van der Waals surface area contributed by atoms with Crippen molar-refractivity contribution in [3.05, 3.63) is 5.89 Å². The number of nitrogens with zero attached hydrogens (tertiary/aromatic N) is 2. The zero-order valence-electron chi connectivity index (χ0n) is 8.15. The topological polar surface area (TPSA) is 74.5 Å².